The number of carbonyl (C=O) groups is 2. The first-order chi connectivity index (χ1) is 11.9. The Morgan fingerprint density at radius 3 is 2.52 bits per heavy atom. The highest BCUT2D eigenvalue weighted by Gasteiger charge is 2.24. The number of benzene rings is 1. The third kappa shape index (κ3) is 4.70. The number of rotatable bonds is 7. The maximum absolute atomic E-state index is 12.5. The summed E-state index contributed by atoms with van der Waals surface area (Å²) in [6, 6.07) is 9.52. The largest absolute Gasteiger partial charge is 0.462 e. The lowest BCUT2D eigenvalue weighted by molar-refractivity contribution is 0.0527. The number of ether oxygens (including phenoxy) is 1. The molecule has 0 spiro atoms. The normalized spacial score (nSPS) is 10.7. The lowest BCUT2D eigenvalue weighted by Gasteiger charge is -2.07. The molecule has 1 aromatic carbocycles. The van der Waals surface area contributed by atoms with Crippen LogP contribution in [0.5, 0.6) is 0 Å². The van der Waals surface area contributed by atoms with Crippen molar-refractivity contribution in [1.82, 2.24) is 4.90 Å². The quantitative estimate of drug-likeness (QED) is 0.456. The van der Waals surface area contributed by atoms with E-state index in [4.69, 9.17) is 4.74 Å². The maximum atomic E-state index is 12.5. The summed E-state index contributed by atoms with van der Waals surface area (Å²) in [4.78, 5) is 27.2. The summed E-state index contributed by atoms with van der Waals surface area (Å²) in [6.07, 6.45) is 3.19. The molecule has 1 N–H and O–H groups in total. The Bertz CT molecular complexity index is 779. The van der Waals surface area contributed by atoms with Crippen LogP contribution in [0.3, 0.4) is 0 Å². The van der Waals surface area contributed by atoms with Gasteiger partial charge in [-0.05, 0) is 31.5 Å². The van der Waals surface area contributed by atoms with Gasteiger partial charge in [0, 0.05) is 32.1 Å². The first-order valence-electron chi connectivity index (χ1n) is 7.95. The number of carbonyl (C=O) groups excluding carboxylic acids is 2. The number of para-hydroxylation sites is 1. The van der Waals surface area contributed by atoms with E-state index in [1.165, 1.54) is 17.4 Å². The monoisotopic (exact) mass is 358 g/mol. The van der Waals surface area contributed by atoms with Gasteiger partial charge in [0.25, 0.3) is 0 Å². The molecule has 0 aliphatic heterocycles. The van der Waals surface area contributed by atoms with E-state index < -0.39 is 5.97 Å². The smallest absolute Gasteiger partial charge is 0.341 e. The number of anilines is 2. The van der Waals surface area contributed by atoms with Crippen molar-refractivity contribution < 1.29 is 14.3 Å². The molecule has 0 bridgehead atoms. The molecule has 0 unspecified atom stereocenters. The molecule has 0 fully saturated rings. The van der Waals surface area contributed by atoms with Crippen LogP contribution in [0, 0.1) is 6.92 Å². The van der Waals surface area contributed by atoms with Crippen molar-refractivity contribution in [3.8, 4) is 0 Å². The van der Waals surface area contributed by atoms with Crippen molar-refractivity contribution in [1.29, 1.82) is 0 Å². The van der Waals surface area contributed by atoms with Gasteiger partial charge < -0.3 is 15.0 Å². The zero-order valence-electron chi connectivity index (χ0n) is 14.8. The average Bonchev–Trinajstić information content (AvgIpc) is 2.90. The van der Waals surface area contributed by atoms with Crippen molar-refractivity contribution in [2.24, 2.45) is 0 Å². The number of nitrogens with zero attached hydrogens (tertiary/aromatic N) is 1. The van der Waals surface area contributed by atoms with Crippen molar-refractivity contribution in [3.63, 3.8) is 0 Å². The summed E-state index contributed by atoms with van der Waals surface area (Å²) in [6.45, 7) is 3.81. The van der Waals surface area contributed by atoms with Crippen LogP contribution in [0.2, 0.25) is 0 Å². The van der Waals surface area contributed by atoms with E-state index in [1.54, 1.807) is 24.9 Å². The molecule has 2 aromatic rings. The number of hydrogen-bond donors (Lipinski definition) is 1. The van der Waals surface area contributed by atoms with E-state index in [2.05, 4.69) is 5.32 Å². The van der Waals surface area contributed by atoms with Crippen LogP contribution < -0.4 is 5.32 Å². The summed E-state index contributed by atoms with van der Waals surface area (Å²) in [5, 5.41) is 3.84. The number of esters is 1. The van der Waals surface area contributed by atoms with Crippen LogP contribution >= 0.6 is 11.3 Å². The molecule has 0 amide bonds. The average molecular weight is 358 g/mol. The van der Waals surface area contributed by atoms with Gasteiger partial charge in [0.05, 0.1) is 17.0 Å². The Morgan fingerprint density at radius 2 is 1.92 bits per heavy atom. The molecule has 132 valence electrons. The van der Waals surface area contributed by atoms with Gasteiger partial charge in [-0.15, -0.1) is 11.3 Å². The number of thiophene rings is 1. The molecule has 6 heteroatoms. The third-order valence-electron chi connectivity index (χ3n) is 3.41. The molecule has 1 aromatic heterocycles. The number of allylic oxidation sites excluding steroid dienone is 1. The Kier molecular flexibility index (Phi) is 6.36. The highest BCUT2D eigenvalue weighted by Crippen LogP contribution is 2.36. The molecule has 0 radical (unpaired) electrons. The molecule has 0 atom stereocenters. The van der Waals surface area contributed by atoms with Gasteiger partial charge in [0.1, 0.15) is 5.00 Å². The second kappa shape index (κ2) is 8.48. The van der Waals surface area contributed by atoms with Crippen LogP contribution in [0.25, 0.3) is 0 Å². The van der Waals surface area contributed by atoms with Crippen LogP contribution in [-0.2, 0) is 4.74 Å². The predicted octanol–water partition coefficient (Wildman–Crippen LogP) is 4.23. The predicted molar refractivity (Wildman–Crippen MR) is 102 cm³/mol. The lowest BCUT2D eigenvalue weighted by Crippen LogP contribution is -2.08. The molecule has 5 nitrogen and oxygen atoms in total. The Morgan fingerprint density at radius 1 is 1.24 bits per heavy atom. The fraction of sp³-hybridized carbons (Fsp3) is 0.263. The van der Waals surface area contributed by atoms with Crippen molar-refractivity contribution >= 4 is 33.8 Å². The zero-order chi connectivity index (χ0) is 18.4. The minimum absolute atomic E-state index is 0.136. The van der Waals surface area contributed by atoms with E-state index in [0.29, 0.717) is 21.0 Å². The minimum atomic E-state index is -0.426. The maximum Gasteiger partial charge on any atom is 0.341 e. The minimum Gasteiger partial charge on any atom is -0.462 e. The van der Waals surface area contributed by atoms with Gasteiger partial charge in [-0.3, -0.25) is 4.79 Å². The van der Waals surface area contributed by atoms with Crippen LogP contribution in [0.1, 0.15) is 32.5 Å². The molecular formula is C19H22N2O3S. The molecule has 0 saturated heterocycles. The highest BCUT2D eigenvalue weighted by atomic mass is 32.1. The van der Waals surface area contributed by atoms with Gasteiger partial charge >= 0.3 is 5.97 Å². The van der Waals surface area contributed by atoms with Crippen LogP contribution in [-0.4, -0.2) is 37.4 Å². The Hall–Kier alpha value is -2.60. The lowest BCUT2D eigenvalue weighted by atomic mass is 10.1. The molecule has 0 aliphatic carbocycles. The molecule has 25 heavy (non-hydrogen) atoms. The van der Waals surface area contributed by atoms with E-state index in [1.807, 2.05) is 44.4 Å². The summed E-state index contributed by atoms with van der Waals surface area (Å²) in [5.41, 5.74) is 1.89. The topological polar surface area (TPSA) is 58.6 Å². The second-order valence-electron chi connectivity index (χ2n) is 5.62. The Labute approximate surface area is 151 Å². The van der Waals surface area contributed by atoms with Gasteiger partial charge in [-0.2, -0.15) is 0 Å². The first kappa shape index (κ1) is 18.7. The van der Waals surface area contributed by atoms with Gasteiger partial charge in [-0.25, -0.2) is 4.79 Å². The fourth-order valence-electron chi connectivity index (χ4n) is 2.23. The first-order valence-corrected chi connectivity index (χ1v) is 8.77. The van der Waals surface area contributed by atoms with Gasteiger partial charge in [-0.1, -0.05) is 18.2 Å². The molecular weight excluding hydrogens is 336 g/mol. The summed E-state index contributed by atoms with van der Waals surface area (Å²) in [5.74, 6) is -0.562. The van der Waals surface area contributed by atoms with Crippen molar-refractivity contribution in [3.05, 3.63) is 58.6 Å². The van der Waals surface area contributed by atoms with E-state index >= 15 is 0 Å². The van der Waals surface area contributed by atoms with Gasteiger partial charge in [0.15, 0.2) is 5.78 Å². The SMILES string of the molecule is CCOC(=O)c1c(Nc2ccccc2)sc(C(=O)/C=C/N(C)C)c1C. The third-order valence-corrected chi connectivity index (χ3v) is 4.63. The second-order valence-corrected chi connectivity index (χ2v) is 6.64. The molecule has 2 rings (SSSR count). The summed E-state index contributed by atoms with van der Waals surface area (Å²) < 4.78 is 5.17. The number of ketones is 1. The van der Waals surface area contributed by atoms with Crippen molar-refractivity contribution in [2.45, 2.75) is 13.8 Å². The Balaban J connectivity index is 2.44. The molecule has 1 heterocycles. The molecule has 0 aliphatic rings. The number of hydrogen-bond acceptors (Lipinski definition) is 6. The van der Waals surface area contributed by atoms with Crippen molar-refractivity contribution in [2.75, 3.05) is 26.0 Å². The number of nitrogens with one attached hydrogen (secondary N) is 1. The summed E-state index contributed by atoms with van der Waals surface area (Å²) >= 11 is 1.26. The van der Waals surface area contributed by atoms with E-state index in [-0.39, 0.29) is 12.4 Å². The summed E-state index contributed by atoms with van der Waals surface area (Å²) in [7, 11) is 3.69. The van der Waals surface area contributed by atoms with E-state index in [0.717, 1.165) is 5.69 Å². The zero-order valence-corrected chi connectivity index (χ0v) is 15.6. The van der Waals surface area contributed by atoms with Crippen LogP contribution in [0.4, 0.5) is 10.7 Å². The molecule has 0 saturated carbocycles. The standard InChI is InChI=1S/C19H22N2O3S/c1-5-24-19(23)16-13(2)17(15(22)11-12-21(3)4)25-18(16)20-14-9-7-6-8-10-14/h6-12,20H,5H2,1-4H3/b12-11+. The fourth-order valence-corrected chi connectivity index (χ4v) is 3.37. The van der Waals surface area contributed by atoms with Gasteiger partial charge in [0.2, 0.25) is 0 Å². The van der Waals surface area contributed by atoms with E-state index in [9.17, 15) is 9.59 Å². The van der Waals surface area contributed by atoms with Crippen LogP contribution in [0.15, 0.2) is 42.6 Å². The highest BCUT2D eigenvalue weighted by molar-refractivity contribution is 7.18.